The van der Waals surface area contributed by atoms with E-state index in [0.29, 0.717) is 13.1 Å². The molecule has 0 amide bonds. The number of hydrogen-bond donors (Lipinski definition) is 1. The zero-order valence-corrected chi connectivity index (χ0v) is 13.1. The molecule has 1 atom stereocenters. The van der Waals surface area contributed by atoms with Crippen molar-refractivity contribution in [3.63, 3.8) is 0 Å². The van der Waals surface area contributed by atoms with E-state index in [1.807, 2.05) is 6.92 Å². The van der Waals surface area contributed by atoms with Crippen molar-refractivity contribution in [3.05, 3.63) is 24.3 Å². The van der Waals surface area contributed by atoms with Crippen LogP contribution in [0, 0.1) is 5.92 Å². The second-order valence-electron chi connectivity index (χ2n) is 5.15. The lowest BCUT2D eigenvalue weighted by Gasteiger charge is -2.30. The molecule has 0 aromatic heterocycles. The molecule has 1 aromatic rings. The fraction of sp³-hybridized carbons (Fsp3) is 0.500. The summed E-state index contributed by atoms with van der Waals surface area (Å²) in [6, 6.07) is 5.00. The minimum absolute atomic E-state index is 0.232. The number of hydrogen-bond acceptors (Lipinski definition) is 4. The largest absolute Gasteiger partial charge is 0.334 e. The van der Waals surface area contributed by atoms with Crippen molar-refractivity contribution in [2.24, 2.45) is 5.92 Å². The third-order valence-corrected chi connectivity index (χ3v) is 5.72. The smallest absolute Gasteiger partial charge is 0.269 e. The second kappa shape index (κ2) is 5.90. The van der Waals surface area contributed by atoms with E-state index in [9.17, 15) is 20.7 Å². The molecule has 1 heterocycles. The SMILES string of the molecule is CC1CCCN(S(=O)(=O)Nc2ccccc2S(=O)(=O)F)C1. The summed E-state index contributed by atoms with van der Waals surface area (Å²) in [5, 5.41) is 0. The lowest BCUT2D eigenvalue weighted by atomic mass is 10.0. The zero-order valence-electron chi connectivity index (χ0n) is 11.5. The summed E-state index contributed by atoms with van der Waals surface area (Å²) in [5.74, 6) is 0.232. The number of para-hydroxylation sites is 1. The number of halogens is 1. The Balaban J connectivity index is 2.29. The molecule has 0 radical (unpaired) electrons. The van der Waals surface area contributed by atoms with Gasteiger partial charge in [-0.25, -0.2) is 0 Å². The molecule has 1 aromatic carbocycles. The van der Waals surface area contributed by atoms with E-state index in [0.717, 1.165) is 18.9 Å². The van der Waals surface area contributed by atoms with Crippen LogP contribution in [0.5, 0.6) is 0 Å². The summed E-state index contributed by atoms with van der Waals surface area (Å²) in [6.45, 7) is 2.67. The quantitative estimate of drug-likeness (QED) is 0.849. The Kier molecular flexibility index (Phi) is 4.54. The highest BCUT2D eigenvalue weighted by molar-refractivity contribution is 7.90. The fourth-order valence-electron chi connectivity index (χ4n) is 2.33. The molecule has 0 spiro atoms. The molecule has 1 saturated heterocycles. The Labute approximate surface area is 124 Å². The molecular formula is C12H17FN2O4S2. The highest BCUT2D eigenvalue weighted by Crippen LogP contribution is 2.26. The second-order valence-corrected chi connectivity index (χ2v) is 8.13. The maximum Gasteiger partial charge on any atom is 0.334 e. The van der Waals surface area contributed by atoms with Gasteiger partial charge in [-0.15, -0.1) is 3.89 Å². The highest BCUT2D eigenvalue weighted by Gasteiger charge is 2.28. The van der Waals surface area contributed by atoms with E-state index in [4.69, 9.17) is 0 Å². The molecule has 1 aliphatic rings. The predicted molar refractivity (Wildman–Crippen MR) is 77.2 cm³/mol. The van der Waals surface area contributed by atoms with E-state index in [1.54, 1.807) is 0 Å². The summed E-state index contributed by atoms with van der Waals surface area (Å²) < 4.78 is 63.3. The monoisotopic (exact) mass is 336 g/mol. The van der Waals surface area contributed by atoms with Crippen molar-refractivity contribution >= 4 is 26.1 Å². The summed E-state index contributed by atoms with van der Waals surface area (Å²) in [5.41, 5.74) is -0.279. The predicted octanol–water partition coefficient (Wildman–Crippen LogP) is 1.73. The van der Waals surface area contributed by atoms with Crippen LogP contribution in [0.3, 0.4) is 0 Å². The average Bonchev–Trinajstić information content (AvgIpc) is 2.37. The zero-order chi connectivity index (χ0) is 15.7. The van der Waals surface area contributed by atoms with E-state index < -0.39 is 25.3 Å². The lowest BCUT2D eigenvalue weighted by molar-refractivity contribution is 0.282. The molecule has 1 unspecified atom stereocenters. The van der Waals surface area contributed by atoms with Crippen LogP contribution < -0.4 is 4.72 Å². The molecular weight excluding hydrogens is 319 g/mol. The van der Waals surface area contributed by atoms with E-state index in [2.05, 4.69) is 4.72 Å². The first kappa shape index (κ1) is 16.2. The van der Waals surface area contributed by atoms with E-state index >= 15 is 0 Å². The van der Waals surface area contributed by atoms with E-state index in [-0.39, 0.29) is 11.6 Å². The van der Waals surface area contributed by atoms with Gasteiger partial charge in [-0.2, -0.15) is 21.1 Å². The average molecular weight is 336 g/mol. The van der Waals surface area contributed by atoms with Crippen LogP contribution in [-0.2, 0) is 20.4 Å². The summed E-state index contributed by atoms with van der Waals surface area (Å²) in [4.78, 5) is -0.682. The molecule has 1 N–H and O–H groups in total. The first-order valence-electron chi connectivity index (χ1n) is 6.52. The molecule has 1 fully saturated rings. The third kappa shape index (κ3) is 3.92. The number of anilines is 1. The van der Waals surface area contributed by atoms with Crippen molar-refractivity contribution in [2.75, 3.05) is 17.8 Å². The lowest BCUT2D eigenvalue weighted by Crippen LogP contribution is -2.42. The standard InChI is InChI=1S/C12H17FN2O4S2/c1-10-5-4-8-15(9-10)21(18,19)14-11-6-2-3-7-12(11)20(13,16)17/h2-3,6-7,10,14H,4-5,8-9H2,1H3. The van der Waals surface area contributed by atoms with Crippen molar-refractivity contribution in [3.8, 4) is 0 Å². The van der Waals surface area contributed by atoms with Crippen LogP contribution >= 0.6 is 0 Å². The Morgan fingerprint density at radius 2 is 1.90 bits per heavy atom. The van der Waals surface area contributed by atoms with Crippen LogP contribution in [0.15, 0.2) is 29.2 Å². The van der Waals surface area contributed by atoms with Crippen molar-refractivity contribution in [2.45, 2.75) is 24.7 Å². The van der Waals surface area contributed by atoms with Crippen molar-refractivity contribution in [1.29, 1.82) is 0 Å². The van der Waals surface area contributed by atoms with Gasteiger partial charge in [0.25, 0.3) is 0 Å². The molecule has 6 nitrogen and oxygen atoms in total. The van der Waals surface area contributed by atoms with Crippen LogP contribution in [0.1, 0.15) is 19.8 Å². The number of benzene rings is 1. The normalized spacial score (nSPS) is 21.1. The fourth-order valence-corrected chi connectivity index (χ4v) is 4.42. The first-order valence-corrected chi connectivity index (χ1v) is 9.34. The van der Waals surface area contributed by atoms with Gasteiger partial charge in [0.1, 0.15) is 4.90 Å². The van der Waals surface area contributed by atoms with Crippen LogP contribution in [-0.4, -0.2) is 34.2 Å². The molecule has 1 aliphatic heterocycles. The minimum atomic E-state index is -4.99. The van der Waals surface area contributed by atoms with Gasteiger partial charge in [0.15, 0.2) is 0 Å². The molecule has 2 rings (SSSR count). The Morgan fingerprint density at radius 3 is 2.52 bits per heavy atom. The van der Waals surface area contributed by atoms with Gasteiger partial charge < -0.3 is 0 Å². The summed E-state index contributed by atoms with van der Waals surface area (Å²) in [7, 11) is -8.89. The number of nitrogens with zero attached hydrogens (tertiary/aromatic N) is 1. The number of nitrogens with one attached hydrogen (secondary N) is 1. The van der Waals surface area contributed by atoms with Crippen molar-refractivity contribution in [1.82, 2.24) is 4.31 Å². The van der Waals surface area contributed by atoms with E-state index in [1.165, 1.54) is 22.5 Å². The van der Waals surface area contributed by atoms with Crippen LogP contribution in [0.2, 0.25) is 0 Å². The van der Waals surface area contributed by atoms with Gasteiger partial charge in [0.2, 0.25) is 0 Å². The van der Waals surface area contributed by atoms with Gasteiger partial charge >= 0.3 is 20.4 Å². The van der Waals surface area contributed by atoms with Gasteiger partial charge in [0.05, 0.1) is 5.69 Å². The van der Waals surface area contributed by atoms with Crippen molar-refractivity contribution < 1.29 is 20.7 Å². The maximum atomic E-state index is 13.2. The minimum Gasteiger partial charge on any atom is -0.269 e. The Morgan fingerprint density at radius 1 is 1.24 bits per heavy atom. The van der Waals surface area contributed by atoms with Gasteiger partial charge in [-0.1, -0.05) is 19.1 Å². The molecule has 0 aliphatic carbocycles. The molecule has 9 heteroatoms. The van der Waals surface area contributed by atoms with Crippen LogP contribution in [0.25, 0.3) is 0 Å². The summed E-state index contributed by atoms with van der Waals surface area (Å²) in [6.07, 6.45) is 1.69. The van der Waals surface area contributed by atoms with Gasteiger partial charge in [0, 0.05) is 13.1 Å². The number of rotatable bonds is 4. The topological polar surface area (TPSA) is 83.6 Å². The molecule has 118 valence electrons. The van der Waals surface area contributed by atoms with Crippen LogP contribution in [0.4, 0.5) is 9.57 Å². The maximum absolute atomic E-state index is 13.2. The molecule has 0 bridgehead atoms. The Hall–Kier alpha value is -1.19. The van der Waals surface area contributed by atoms with Gasteiger partial charge in [-0.05, 0) is 30.9 Å². The highest BCUT2D eigenvalue weighted by atomic mass is 32.3. The van der Waals surface area contributed by atoms with Gasteiger partial charge in [-0.3, -0.25) is 4.72 Å². The number of piperidine rings is 1. The third-order valence-electron chi connectivity index (χ3n) is 3.35. The molecule has 21 heavy (non-hydrogen) atoms. The first-order chi connectivity index (χ1) is 9.70. The Bertz CT molecular complexity index is 719. The summed E-state index contributed by atoms with van der Waals surface area (Å²) >= 11 is 0. The molecule has 0 saturated carbocycles.